The quantitative estimate of drug-likeness (QED) is 0.0638. The Morgan fingerprint density at radius 3 is 1.93 bits per heavy atom. The highest BCUT2D eigenvalue weighted by Gasteiger charge is 2.22. The van der Waals surface area contributed by atoms with Crippen LogP contribution in [0.2, 0.25) is 0 Å². The third-order valence-corrected chi connectivity index (χ3v) is 9.93. The van der Waals surface area contributed by atoms with E-state index >= 15 is 0 Å². The van der Waals surface area contributed by atoms with Crippen molar-refractivity contribution in [3.05, 3.63) is 108 Å². The van der Waals surface area contributed by atoms with Crippen molar-refractivity contribution in [3.63, 3.8) is 0 Å². The zero-order valence-electron chi connectivity index (χ0n) is 34.7. The molecule has 0 saturated carbocycles. The molecule has 1 aromatic carbocycles. The molecule has 57 heavy (non-hydrogen) atoms. The first kappa shape index (κ1) is 48.5. The van der Waals surface area contributed by atoms with E-state index in [4.69, 9.17) is 0 Å². The molecule has 0 aliphatic carbocycles. The minimum Gasteiger partial charge on any atom is -0.389 e. The number of carbonyl (C=O) groups is 2. The van der Waals surface area contributed by atoms with Gasteiger partial charge in [0, 0.05) is 44.1 Å². The second kappa shape index (κ2) is 27.0. The number of allylic oxidation sites excluding steroid dienone is 10. The number of nitrogens with zero attached hydrogens (tertiary/aromatic N) is 3. The molecule has 0 fully saturated rings. The largest absolute Gasteiger partial charge is 0.389 e. The highest BCUT2D eigenvalue weighted by molar-refractivity contribution is 7.92. The van der Waals surface area contributed by atoms with Gasteiger partial charge in [-0.2, -0.15) is 0 Å². The molecule has 1 aromatic heterocycles. The van der Waals surface area contributed by atoms with Gasteiger partial charge in [-0.25, -0.2) is 27.1 Å². The molecular weight excluding hydrogens is 742 g/mol. The zero-order chi connectivity index (χ0) is 42.1. The second-order valence-corrected chi connectivity index (χ2v) is 16.3. The summed E-state index contributed by atoms with van der Waals surface area (Å²) in [5.41, 5.74) is 2.08. The molecule has 0 aliphatic heterocycles. The predicted molar refractivity (Wildman–Crippen MR) is 233 cm³/mol. The van der Waals surface area contributed by atoms with Crippen molar-refractivity contribution in [1.82, 2.24) is 20.6 Å². The Hall–Kier alpha value is -4.68. The number of aliphatic hydroxyl groups excluding tert-OH is 1. The molecule has 0 unspecified atom stereocenters. The maximum Gasteiger partial charge on any atom is 0.239 e. The van der Waals surface area contributed by atoms with Gasteiger partial charge in [0.1, 0.15) is 5.82 Å². The van der Waals surface area contributed by atoms with Gasteiger partial charge in [0.15, 0.2) is 0 Å². The number of unbranched alkanes of at least 4 members (excludes halogenated alkanes) is 1. The standard InChI is InChI=1S/C45H64FN5O5S/c1-7-8-9-10-11-12-13-14-15-16-17-18-19-20-21-22-23-24-41(53)47-31-32-48-42(54)34-36(4)33-39(52)29-30-40-43(35(2)3)49-45(51(5)57(6,55)56)50-44(40)37-25-27-38(46)28-26-37/h8-9,11-12,14-15,17-18,20-21,25-30,35-36,39,52H,7,10,13,16,19,22-24,31-34H2,1-6H3,(H,47,53)(H,48,54)/b9-8-,12-11-,15-14-,18-17-,21-20-,30-29+/t36-,39-/m1/s1. The summed E-state index contributed by atoms with van der Waals surface area (Å²) in [4.78, 5) is 33.9. The number of aromatic nitrogens is 2. The lowest BCUT2D eigenvalue weighted by atomic mass is 9.96. The van der Waals surface area contributed by atoms with Crippen LogP contribution in [0.25, 0.3) is 17.3 Å². The Kier molecular flexibility index (Phi) is 23.0. The second-order valence-electron chi connectivity index (χ2n) is 14.3. The maximum atomic E-state index is 13.8. The minimum absolute atomic E-state index is 0.0188. The summed E-state index contributed by atoms with van der Waals surface area (Å²) in [6.07, 6.45) is 32.4. The van der Waals surface area contributed by atoms with Crippen LogP contribution in [0.3, 0.4) is 0 Å². The van der Waals surface area contributed by atoms with Crippen molar-refractivity contribution in [2.24, 2.45) is 5.92 Å². The summed E-state index contributed by atoms with van der Waals surface area (Å²) >= 11 is 0. The van der Waals surface area contributed by atoms with Gasteiger partial charge in [0.25, 0.3) is 0 Å². The van der Waals surface area contributed by atoms with Crippen molar-refractivity contribution in [1.29, 1.82) is 0 Å². The van der Waals surface area contributed by atoms with Crippen LogP contribution >= 0.6 is 0 Å². The van der Waals surface area contributed by atoms with E-state index in [1.54, 1.807) is 24.3 Å². The van der Waals surface area contributed by atoms with E-state index < -0.39 is 21.9 Å². The van der Waals surface area contributed by atoms with Crippen molar-refractivity contribution in [3.8, 4) is 11.3 Å². The molecule has 3 N–H and O–H groups in total. The first-order valence-corrected chi connectivity index (χ1v) is 21.8. The van der Waals surface area contributed by atoms with E-state index in [9.17, 15) is 27.5 Å². The van der Waals surface area contributed by atoms with Crippen LogP contribution in [0.1, 0.15) is 109 Å². The topological polar surface area (TPSA) is 142 Å². The molecule has 0 bridgehead atoms. The van der Waals surface area contributed by atoms with Gasteiger partial charge in [-0.05, 0) is 87.5 Å². The first-order valence-electron chi connectivity index (χ1n) is 20.0. The molecule has 312 valence electrons. The summed E-state index contributed by atoms with van der Waals surface area (Å²) < 4.78 is 39.4. The van der Waals surface area contributed by atoms with Crippen LogP contribution in [-0.4, -0.2) is 67.8 Å². The van der Waals surface area contributed by atoms with Crippen LogP contribution < -0.4 is 14.9 Å². The highest BCUT2D eigenvalue weighted by Crippen LogP contribution is 2.32. The molecule has 12 heteroatoms. The van der Waals surface area contributed by atoms with E-state index in [2.05, 4.69) is 88.3 Å². The Bertz CT molecular complexity index is 1820. The van der Waals surface area contributed by atoms with Crippen LogP contribution in [0, 0.1) is 11.7 Å². The summed E-state index contributed by atoms with van der Waals surface area (Å²) in [5.74, 6) is -0.966. The number of amides is 2. The molecule has 0 radical (unpaired) electrons. The van der Waals surface area contributed by atoms with Crippen LogP contribution in [0.15, 0.2) is 91.1 Å². The molecule has 2 aromatic rings. The Balaban J connectivity index is 1.75. The monoisotopic (exact) mass is 805 g/mol. The molecular formula is C45H64FN5O5S. The van der Waals surface area contributed by atoms with E-state index in [0.717, 1.165) is 55.5 Å². The summed E-state index contributed by atoms with van der Waals surface area (Å²) in [6.45, 7) is 8.48. The lowest BCUT2D eigenvalue weighted by Crippen LogP contribution is -2.35. The number of halogens is 1. The third kappa shape index (κ3) is 20.4. The fraction of sp³-hybridized carbons (Fsp3) is 0.467. The van der Waals surface area contributed by atoms with E-state index in [0.29, 0.717) is 48.4 Å². The molecule has 2 rings (SSSR count). The molecule has 1 heterocycles. The molecule has 10 nitrogen and oxygen atoms in total. The number of sulfonamides is 1. The van der Waals surface area contributed by atoms with Gasteiger partial charge in [-0.3, -0.25) is 9.59 Å². The van der Waals surface area contributed by atoms with Crippen LogP contribution in [-0.2, 0) is 19.6 Å². The van der Waals surface area contributed by atoms with Crippen LogP contribution in [0.4, 0.5) is 10.3 Å². The molecule has 2 amide bonds. The van der Waals surface area contributed by atoms with E-state index in [1.807, 2.05) is 20.8 Å². The minimum atomic E-state index is -3.66. The number of rotatable bonds is 26. The number of benzene rings is 1. The zero-order valence-corrected chi connectivity index (χ0v) is 35.5. The third-order valence-electron chi connectivity index (χ3n) is 8.77. The summed E-state index contributed by atoms with van der Waals surface area (Å²) in [7, 11) is -2.29. The van der Waals surface area contributed by atoms with Crippen molar-refractivity contribution in [2.75, 3.05) is 30.7 Å². The molecule has 0 spiro atoms. The highest BCUT2D eigenvalue weighted by atomic mass is 32.2. The lowest BCUT2D eigenvalue weighted by Gasteiger charge is -2.20. The van der Waals surface area contributed by atoms with E-state index in [-0.39, 0.29) is 36.0 Å². The normalized spacial score (nSPS) is 13.6. The van der Waals surface area contributed by atoms with Crippen molar-refractivity contribution in [2.45, 2.75) is 104 Å². The number of nitrogens with one attached hydrogen (secondary N) is 2. The van der Waals surface area contributed by atoms with E-state index in [1.165, 1.54) is 19.2 Å². The van der Waals surface area contributed by atoms with Crippen molar-refractivity contribution < 1.29 is 27.5 Å². The average molecular weight is 806 g/mol. The fourth-order valence-corrected chi connectivity index (χ4v) is 5.99. The number of carbonyl (C=O) groups excluding carboxylic acids is 2. The fourth-order valence-electron chi connectivity index (χ4n) is 5.61. The van der Waals surface area contributed by atoms with Crippen molar-refractivity contribution >= 4 is 33.9 Å². The van der Waals surface area contributed by atoms with Gasteiger partial charge >= 0.3 is 0 Å². The Morgan fingerprint density at radius 1 is 0.842 bits per heavy atom. The number of hydrogen-bond acceptors (Lipinski definition) is 7. The number of anilines is 1. The van der Waals surface area contributed by atoms with Gasteiger partial charge in [0.05, 0.1) is 23.7 Å². The summed E-state index contributed by atoms with van der Waals surface area (Å²) in [6, 6.07) is 5.71. The molecule has 0 saturated heterocycles. The smallest absolute Gasteiger partial charge is 0.239 e. The van der Waals surface area contributed by atoms with Gasteiger partial charge in [0.2, 0.25) is 27.8 Å². The number of hydrogen-bond donors (Lipinski definition) is 3. The lowest BCUT2D eigenvalue weighted by molar-refractivity contribution is -0.123. The molecule has 2 atom stereocenters. The van der Waals surface area contributed by atoms with Gasteiger partial charge in [-0.1, -0.05) is 101 Å². The Labute approximate surface area is 340 Å². The van der Waals surface area contributed by atoms with Gasteiger partial charge in [-0.15, -0.1) is 0 Å². The Morgan fingerprint density at radius 2 is 1.39 bits per heavy atom. The average Bonchev–Trinajstić information content (AvgIpc) is 3.16. The van der Waals surface area contributed by atoms with Gasteiger partial charge < -0.3 is 15.7 Å². The first-order chi connectivity index (χ1) is 27.2. The molecule has 0 aliphatic rings. The van der Waals surface area contributed by atoms with Crippen LogP contribution in [0.5, 0.6) is 0 Å². The predicted octanol–water partition coefficient (Wildman–Crippen LogP) is 8.75. The summed E-state index contributed by atoms with van der Waals surface area (Å²) in [5, 5.41) is 16.6. The number of aliphatic hydroxyl groups is 1. The maximum absolute atomic E-state index is 13.8. The SMILES string of the molecule is CC/C=C\C/C=C\C/C=C\C/C=C\C/C=C\CCCC(=O)NCCNC(=O)C[C@H](C)C[C@H](O)/C=C/c1c(-c2ccc(F)cc2)nc(N(C)S(C)(=O)=O)nc1C(C)C.